The summed E-state index contributed by atoms with van der Waals surface area (Å²) in [6.45, 7) is 2.82. The fraction of sp³-hybridized carbons (Fsp3) is 0.273. The van der Waals surface area contributed by atoms with Gasteiger partial charge in [-0.1, -0.05) is 17.7 Å². The van der Waals surface area contributed by atoms with Crippen molar-refractivity contribution in [3.63, 3.8) is 0 Å². The van der Waals surface area contributed by atoms with Crippen molar-refractivity contribution in [2.24, 2.45) is 0 Å². The van der Waals surface area contributed by atoms with Crippen molar-refractivity contribution in [2.75, 3.05) is 6.54 Å². The van der Waals surface area contributed by atoms with E-state index >= 15 is 0 Å². The Labute approximate surface area is 105 Å². The molecule has 0 fully saturated rings. The normalized spacial score (nSPS) is 11.0. The first kappa shape index (κ1) is 14.2. The van der Waals surface area contributed by atoms with E-state index in [4.69, 9.17) is 5.11 Å². The molecule has 0 spiro atoms. The van der Waals surface area contributed by atoms with Gasteiger partial charge in [0.05, 0.1) is 0 Å². The summed E-state index contributed by atoms with van der Waals surface area (Å²) in [4.78, 5) is 22.6. The number of aryl methyl sites for hydroxylation is 1. The van der Waals surface area contributed by atoms with Crippen molar-refractivity contribution in [2.45, 2.75) is 13.8 Å². The third-order valence-electron chi connectivity index (χ3n) is 2.31. The van der Waals surface area contributed by atoms with Gasteiger partial charge in [0, 0.05) is 12.1 Å². The maximum absolute atomic E-state index is 11.8. The number of hydrogen-bond acceptors (Lipinski definition) is 4. The minimum atomic E-state index is -4.52. The highest BCUT2D eigenvalue weighted by Crippen LogP contribution is 2.12. The molecular weight excluding hydrogens is 258 g/mol. The first-order chi connectivity index (χ1) is 8.30. The molecule has 6 nitrogen and oxygen atoms in total. The van der Waals surface area contributed by atoms with Crippen LogP contribution in [0.3, 0.4) is 0 Å². The van der Waals surface area contributed by atoms with Gasteiger partial charge in [-0.25, -0.2) is 4.79 Å². The van der Waals surface area contributed by atoms with E-state index < -0.39 is 21.2 Å². The molecule has 0 aliphatic rings. The van der Waals surface area contributed by atoms with Gasteiger partial charge in [0.25, 0.3) is 5.12 Å². The molecule has 1 rings (SSSR count). The summed E-state index contributed by atoms with van der Waals surface area (Å²) in [7, 11) is -4.52. The van der Waals surface area contributed by atoms with Crippen LogP contribution < -0.4 is 0 Å². The van der Waals surface area contributed by atoms with Crippen LogP contribution in [-0.2, 0) is 10.0 Å². The standard InChI is InChI=1S/C11H13NO5S/c1-3-12(11(14)15)18(16,17)10(13)9-6-4-8(2)5-7-9/h4-7H,3H2,1-2H3,(H,14,15). The SMILES string of the molecule is CCN(C(=O)O)S(=O)(=O)C(=O)c1ccc(C)cc1. The Balaban J connectivity index is 3.17. The number of benzene rings is 1. The summed E-state index contributed by atoms with van der Waals surface area (Å²) in [6.07, 6.45) is -1.67. The molecular formula is C11H13NO5S. The zero-order chi connectivity index (χ0) is 13.9. The highest BCUT2D eigenvalue weighted by molar-refractivity contribution is 8.05. The van der Waals surface area contributed by atoms with Crippen molar-refractivity contribution in [3.05, 3.63) is 35.4 Å². The largest absolute Gasteiger partial charge is 0.464 e. The topological polar surface area (TPSA) is 91.8 Å². The Morgan fingerprint density at radius 3 is 2.11 bits per heavy atom. The van der Waals surface area contributed by atoms with Gasteiger partial charge < -0.3 is 5.11 Å². The van der Waals surface area contributed by atoms with E-state index in [0.29, 0.717) is 0 Å². The maximum atomic E-state index is 11.8. The van der Waals surface area contributed by atoms with Gasteiger partial charge in [0.1, 0.15) is 0 Å². The Bertz CT molecular complexity index is 562. The van der Waals surface area contributed by atoms with Crippen LogP contribution in [0, 0.1) is 6.92 Å². The van der Waals surface area contributed by atoms with E-state index in [9.17, 15) is 18.0 Å². The number of carboxylic acid groups (broad SMARTS) is 1. The van der Waals surface area contributed by atoms with Crippen molar-refractivity contribution in [3.8, 4) is 0 Å². The second-order valence-electron chi connectivity index (χ2n) is 3.61. The van der Waals surface area contributed by atoms with Gasteiger partial charge in [-0.3, -0.25) is 4.79 Å². The Morgan fingerprint density at radius 1 is 1.22 bits per heavy atom. The molecule has 18 heavy (non-hydrogen) atoms. The third-order valence-corrected chi connectivity index (χ3v) is 4.01. The van der Waals surface area contributed by atoms with Gasteiger partial charge in [0.2, 0.25) is 0 Å². The van der Waals surface area contributed by atoms with E-state index in [2.05, 4.69) is 0 Å². The Morgan fingerprint density at radius 2 is 1.72 bits per heavy atom. The van der Waals surface area contributed by atoms with Crippen molar-refractivity contribution in [1.29, 1.82) is 0 Å². The van der Waals surface area contributed by atoms with E-state index in [0.717, 1.165) is 5.56 Å². The summed E-state index contributed by atoms with van der Waals surface area (Å²) in [5, 5.41) is 7.53. The second kappa shape index (κ2) is 5.18. The number of hydrogen-bond donors (Lipinski definition) is 1. The van der Waals surface area contributed by atoms with Crippen LogP contribution in [0.5, 0.6) is 0 Å². The van der Waals surface area contributed by atoms with E-state index in [-0.39, 0.29) is 16.4 Å². The molecule has 1 amide bonds. The molecule has 0 aromatic heterocycles. The molecule has 0 heterocycles. The van der Waals surface area contributed by atoms with Gasteiger partial charge in [-0.2, -0.15) is 12.7 Å². The predicted octanol–water partition coefficient (Wildman–Crippen LogP) is 1.46. The lowest BCUT2D eigenvalue weighted by molar-refractivity contribution is 0.106. The molecule has 0 aliphatic heterocycles. The van der Waals surface area contributed by atoms with Gasteiger partial charge in [0.15, 0.2) is 0 Å². The van der Waals surface area contributed by atoms with Crippen molar-refractivity contribution >= 4 is 21.2 Å². The van der Waals surface area contributed by atoms with Crippen molar-refractivity contribution < 1.29 is 23.1 Å². The third kappa shape index (κ3) is 2.67. The van der Waals surface area contributed by atoms with E-state index in [1.54, 1.807) is 19.1 Å². The fourth-order valence-electron chi connectivity index (χ4n) is 1.35. The molecule has 0 saturated carbocycles. The van der Waals surface area contributed by atoms with Crippen LogP contribution in [0.25, 0.3) is 0 Å². The zero-order valence-corrected chi connectivity index (χ0v) is 10.8. The molecule has 1 aromatic rings. The van der Waals surface area contributed by atoms with Gasteiger partial charge in [-0.05, 0) is 26.0 Å². The molecule has 0 saturated heterocycles. The quantitative estimate of drug-likeness (QED) is 0.879. The average molecular weight is 271 g/mol. The summed E-state index contributed by atoms with van der Waals surface area (Å²) in [6, 6.07) is 5.87. The van der Waals surface area contributed by atoms with Crippen LogP contribution in [0.2, 0.25) is 0 Å². The first-order valence-electron chi connectivity index (χ1n) is 5.17. The van der Waals surface area contributed by atoms with E-state index in [1.165, 1.54) is 19.1 Å². The lowest BCUT2D eigenvalue weighted by Crippen LogP contribution is -2.39. The van der Waals surface area contributed by atoms with Crippen LogP contribution >= 0.6 is 0 Å². The van der Waals surface area contributed by atoms with Crippen LogP contribution in [0.15, 0.2) is 24.3 Å². The van der Waals surface area contributed by atoms with Crippen LogP contribution in [-0.4, -0.2) is 35.6 Å². The molecule has 7 heteroatoms. The Hall–Kier alpha value is -1.89. The lowest BCUT2D eigenvalue weighted by Gasteiger charge is -2.15. The van der Waals surface area contributed by atoms with Gasteiger partial charge in [-0.15, -0.1) is 0 Å². The Kier molecular flexibility index (Phi) is 4.07. The number of rotatable bonds is 2. The number of carbonyl (C=O) groups is 2. The second-order valence-corrected chi connectivity index (χ2v) is 5.37. The van der Waals surface area contributed by atoms with Crippen molar-refractivity contribution in [1.82, 2.24) is 4.31 Å². The fourth-order valence-corrected chi connectivity index (χ4v) is 2.53. The molecule has 0 aliphatic carbocycles. The zero-order valence-electron chi connectivity index (χ0n) is 9.95. The number of sulfonamides is 1. The monoisotopic (exact) mass is 271 g/mol. The molecule has 0 radical (unpaired) electrons. The molecule has 0 bridgehead atoms. The summed E-state index contributed by atoms with van der Waals surface area (Å²) in [5.74, 6) is 0. The molecule has 98 valence electrons. The molecule has 1 aromatic carbocycles. The molecule has 0 unspecified atom stereocenters. The minimum absolute atomic E-state index is 0.0553. The highest BCUT2D eigenvalue weighted by atomic mass is 32.2. The summed E-state index contributed by atoms with van der Waals surface area (Å²) < 4.78 is 23.7. The average Bonchev–Trinajstić information content (AvgIpc) is 2.29. The van der Waals surface area contributed by atoms with Crippen LogP contribution in [0.1, 0.15) is 22.8 Å². The predicted molar refractivity (Wildman–Crippen MR) is 64.8 cm³/mol. The number of nitrogens with zero attached hydrogens (tertiary/aromatic N) is 1. The van der Waals surface area contributed by atoms with E-state index in [1.807, 2.05) is 0 Å². The first-order valence-corrected chi connectivity index (χ1v) is 6.61. The highest BCUT2D eigenvalue weighted by Gasteiger charge is 2.33. The lowest BCUT2D eigenvalue weighted by atomic mass is 10.2. The molecule has 0 atom stereocenters. The summed E-state index contributed by atoms with van der Waals surface area (Å²) >= 11 is 0. The van der Waals surface area contributed by atoms with Gasteiger partial charge >= 0.3 is 16.1 Å². The molecule has 1 N–H and O–H groups in total. The maximum Gasteiger partial charge on any atom is 0.421 e. The number of amides is 1. The minimum Gasteiger partial charge on any atom is -0.464 e. The summed E-state index contributed by atoms with van der Waals surface area (Å²) in [5.41, 5.74) is 0.815. The smallest absolute Gasteiger partial charge is 0.421 e. The number of carbonyl (C=O) groups excluding carboxylic acids is 1. The van der Waals surface area contributed by atoms with Crippen LogP contribution in [0.4, 0.5) is 4.79 Å².